The topological polar surface area (TPSA) is 133 Å². The van der Waals surface area contributed by atoms with Gasteiger partial charge in [-0.1, -0.05) is 123 Å². The van der Waals surface area contributed by atoms with E-state index in [0.29, 0.717) is 23.9 Å². The van der Waals surface area contributed by atoms with Crippen molar-refractivity contribution < 1.29 is 42.1 Å². The molecule has 0 aromatic carbocycles. The van der Waals surface area contributed by atoms with E-state index in [9.17, 15) is 19.0 Å². The van der Waals surface area contributed by atoms with Crippen molar-refractivity contribution in [1.82, 2.24) is 0 Å². The van der Waals surface area contributed by atoms with Crippen molar-refractivity contribution >= 4 is 19.8 Å². The second kappa shape index (κ2) is 27.3. The van der Waals surface area contributed by atoms with Gasteiger partial charge in [0, 0.05) is 12.8 Å². The molecule has 12 heteroatoms. The Hall–Kier alpha value is -1.39. The highest BCUT2D eigenvalue weighted by Crippen LogP contribution is 2.43. The van der Waals surface area contributed by atoms with Gasteiger partial charge in [-0.15, -0.1) is 0 Å². The van der Waals surface area contributed by atoms with E-state index < -0.39 is 26.5 Å². The average molecular weight is 719 g/mol. The lowest BCUT2D eigenvalue weighted by Crippen LogP contribution is -2.37. The molecule has 2 atom stereocenters. The van der Waals surface area contributed by atoms with E-state index in [1.807, 2.05) is 21.1 Å². The van der Waals surface area contributed by atoms with Gasteiger partial charge in [0.1, 0.15) is 19.8 Å². The largest absolute Gasteiger partial charge is 0.472 e. The summed E-state index contributed by atoms with van der Waals surface area (Å²) in [6.07, 6.45) is 24.6. The Bertz CT molecular complexity index is 937. The van der Waals surface area contributed by atoms with Crippen LogP contribution >= 0.6 is 7.82 Å². The van der Waals surface area contributed by atoms with Crippen molar-refractivity contribution in [3.8, 4) is 0 Å². The number of carbonyl (C=O) groups is 2. The number of rotatable bonds is 35. The number of esters is 2. The zero-order chi connectivity index (χ0) is 36.3. The summed E-state index contributed by atoms with van der Waals surface area (Å²) in [4.78, 5) is 35.4. The Morgan fingerprint density at radius 1 is 0.653 bits per heavy atom. The third-order valence-corrected chi connectivity index (χ3v) is 9.91. The SMILES string of the molecule is CCCCCCCCCCCCCCC(=O)OCC(COP(=O)(O)OCC[N+](C)(C)C)OC(=O)CCCC1(CCCCCCCCC)N=N1. The minimum Gasteiger partial charge on any atom is -0.462 e. The van der Waals surface area contributed by atoms with Crippen molar-refractivity contribution in [2.24, 2.45) is 10.2 Å². The fraction of sp³-hybridized carbons (Fsp3) is 0.946. The number of hydrogen-bond acceptors (Lipinski definition) is 9. The summed E-state index contributed by atoms with van der Waals surface area (Å²) in [5.41, 5.74) is -0.359. The molecule has 11 nitrogen and oxygen atoms in total. The van der Waals surface area contributed by atoms with Gasteiger partial charge in [-0.3, -0.25) is 18.6 Å². The number of unbranched alkanes of at least 4 members (excludes halogenated alkanes) is 17. The Morgan fingerprint density at radius 3 is 1.63 bits per heavy atom. The van der Waals surface area contributed by atoms with Crippen molar-refractivity contribution in [2.45, 2.75) is 180 Å². The monoisotopic (exact) mass is 719 g/mol. The standard InChI is InChI=1S/C37H72N3O8P/c1-6-8-10-12-14-15-16-17-18-19-21-23-26-35(41)45-32-34(33-47-49(43,44)46-31-30-40(3,4)5)48-36(42)27-25-29-37(38-39-37)28-24-22-20-13-11-9-7-2/h34H,6-33H2,1-5H3/p+1. The first-order chi connectivity index (χ1) is 23.4. The van der Waals surface area contributed by atoms with Gasteiger partial charge < -0.3 is 18.9 Å². The lowest BCUT2D eigenvalue weighted by molar-refractivity contribution is -0.870. The maximum absolute atomic E-state index is 12.7. The van der Waals surface area contributed by atoms with Crippen LogP contribution in [-0.4, -0.2) is 80.6 Å². The van der Waals surface area contributed by atoms with Crippen LogP contribution in [-0.2, 0) is 32.7 Å². The molecule has 0 aromatic heterocycles. The van der Waals surface area contributed by atoms with Crippen LogP contribution < -0.4 is 0 Å². The fourth-order valence-corrected chi connectivity index (χ4v) is 6.39. The summed E-state index contributed by atoms with van der Waals surface area (Å²) < 4.78 is 34.2. The molecular formula is C37H73N3O8P+. The number of quaternary nitrogens is 1. The highest BCUT2D eigenvalue weighted by molar-refractivity contribution is 7.47. The lowest BCUT2D eigenvalue weighted by Gasteiger charge is -2.24. The van der Waals surface area contributed by atoms with Gasteiger partial charge in [0.05, 0.1) is 27.7 Å². The van der Waals surface area contributed by atoms with Gasteiger partial charge in [0.15, 0.2) is 11.8 Å². The summed E-state index contributed by atoms with van der Waals surface area (Å²) in [5.74, 6) is -0.875. The Balaban J connectivity index is 2.41. The number of ether oxygens (including phenoxy) is 2. The maximum atomic E-state index is 12.7. The predicted octanol–water partition coefficient (Wildman–Crippen LogP) is 9.85. The number of phosphoric ester groups is 1. The van der Waals surface area contributed by atoms with Crippen LogP contribution in [0.3, 0.4) is 0 Å². The third kappa shape index (κ3) is 27.9. The van der Waals surface area contributed by atoms with Crippen molar-refractivity contribution in [1.29, 1.82) is 0 Å². The number of carbonyl (C=O) groups excluding carboxylic acids is 2. The lowest BCUT2D eigenvalue weighted by atomic mass is 9.98. The molecule has 49 heavy (non-hydrogen) atoms. The first-order valence-corrected chi connectivity index (χ1v) is 21.1. The van der Waals surface area contributed by atoms with E-state index >= 15 is 0 Å². The van der Waals surface area contributed by atoms with Crippen LogP contribution in [0.25, 0.3) is 0 Å². The van der Waals surface area contributed by atoms with E-state index in [4.69, 9.17) is 18.5 Å². The molecule has 288 valence electrons. The third-order valence-electron chi connectivity index (χ3n) is 8.92. The van der Waals surface area contributed by atoms with Crippen molar-refractivity contribution in [2.75, 3.05) is 47.5 Å². The summed E-state index contributed by atoms with van der Waals surface area (Å²) in [7, 11) is 1.43. The van der Waals surface area contributed by atoms with Gasteiger partial charge in [-0.2, -0.15) is 10.2 Å². The average Bonchev–Trinajstić information content (AvgIpc) is 3.81. The normalized spacial score (nSPS) is 15.6. The summed E-state index contributed by atoms with van der Waals surface area (Å²) in [6, 6.07) is 0. The Labute approximate surface area is 298 Å². The first kappa shape index (κ1) is 45.6. The molecule has 2 unspecified atom stereocenters. The van der Waals surface area contributed by atoms with Crippen molar-refractivity contribution in [3.63, 3.8) is 0 Å². The van der Waals surface area contributed by atoms with Gasteiger partial charge >= 0.3 is 19.8 Å². The first-order valence-electron chi connectivity index (χ1n) is 19.6. The van der Waals surface area contributed by atoms with E-state index in [-0.39, 0.29) is 37.7 Å². The van der Waals surface area contributed by atoms with E-state index in [1.54, 1.807) is 0 Å². The van der Waals surface area contributed by atoms with Crippen LogP contribution in [0.5, 0.6) is 0 Å². The molecule has 1 aliphatic heterocycles. The van der Waals surface area contributed by atoms with Crippen LogP contribution in [0.15, 0.2) is 10.2 Å². The van der Waals surface area contributed by atoms with Crippen LogP contribution in [0, 0.1) is 0 Å². The molecule has 0 saturated heterocycles. The smallest absolute Gasteiger partial charge is 0.462 e. The van der Waals surface area contributed by atoms with Crippen LogP contribution in [0.2, 0.25) is 0 Å². The molecule has 0 radical (unpaired) electrons. The summed E-state index contributed by atoms with van der Waals surface area (Å²) >= 11 is 0. The summed E-state index contributed by atoms with van der Waals surface area (Å²) in [5, 5.41) is 8.54. The number of nitrogens with zero attached hydrogens (tertiary/aromatic N) is 3. The fourth-order valence-electron chi connectivity index (χ4n) is 5.65. The van der Waals surface area contributed by atoms with Gasteiger partial charge in [-0.05, 0) is 32.1 Å². The molecule has 0 saturated carbocycles. The number of likely N-dealkylation sites (N-methyl/N-ethyl adjacent to an activating group) is 1. The molecule has 0 amide bonds. The quantitative estimate of drug-likeness (QED) is 0.0296. The van der Waals surface area contributed by atoms with E-state index in [0.717, 1.165) is 32.1 Å². The highest BCUT2D eigenvalue weighted by atomic mass is 31.2. The van der Waals surface area contributed by atoms with Crippen LogP contribution in [0.4, 0.5) is 0 Å². The number of hydrogen-bond donors (Lipinski definition) is 1. The summed E-state index contributed by atoms with van der Waals surface area (Å²) in [6.45, 7) is 4.30. The molecule has 0 bridgehead atoms. The molecule has 0 fully saturated rings. The molecule has 0 aromatic rings. The van der Waals surface area contributed by atoms with Crippen LogP contribution in [0.1, 0.15) is 168 Å². The highest BCUT2D eigenvalue weighted by Gasteiger charge is 2.38. The zero-order valence-electron chi connectivity index (χ0n) is 32.0. The second-order valence-corrected chi connectivity index (χ2v) is 16.4. The Morgan fingerprint density at radius 2 is 1.12 bits per heavy atom. The second-order valence-electron chi connectivity index (χ2n) is 15.0. The zero-order valence-corrected chi connectivity index (χ0v) is 32.9. The molecule has 1 N–H and O–H groups in total. The molecule has 0 spiro atoms. The molecule has 1 heterocycles. The molecule has 1 rings (SSSR count). The number of phosphoric acid groups is 1. The predicted molar refractivity (Wildman–Crippen MR) is 195 cm³/mol. The van der Waals surface area contributed by atoms with E-state index in [1.165, 1.54) is 96.3 Å². The van der Waals surface area contributed by atoms with Crippen molar-refractivity contribution in [3.05, 3.63) is 0 Å². The molecule has 0 aliphatic carbocycles. The van der Waals surface area contributed by atoms with Gasteiger partial charge in [-0.25, -0.2) is 4.57 Å². The Kier molecular flexibility index (Phi) is 25.4. The molecule has 1 aliphatic rings. The van der Waals surface area contributed by atoms with E-state index in [2.05, 4.69) is 24.1 Å². The minimum absolute atomic E-state index is 0.0203. The van der Waals surface area contributed by atoms with Gasteiger partial charge in [0.25, 0.3) is 0 Å². The van der Waals surface area contributed by atoms with Gasteiger partial charge in [0.2, 0.25) is 0 Å². The maximum Gasteiger partial charge on any atom is 0.472 e. The molecular weight excluding hydrogens is 645 g/mol. The minimum atomic E-state index is -4.39.